The standard InChI is InChI=1S/C23H27NO/c1-3-18-9-6-12-23(2,15-18)25-17-20-8-5-11-22(14-20)21-10-4-7-19(13-21)16-24/h4-5,7-8,10-11,13-14,18H,3,6,9,12,15,17H2,1-2H3. The average Bonchev–Trinajstić information content (AvgIpc) is 2.67. The van der Waals surface area contributed by atoms with Gasteiger partial charge in [0.1, 0.15) is 0 Å². The van der Waals surface area contributed by atoms with Crippen LogP contribution in [0.25, 0.3) is 11.1 Å². The van der Waals surface area contributed by atoms with Crippen LogP contribution in [0.15, 0.2) is 48.5 Å². The molecule has 3 rings (SSSR count). The first-order valence-corrected chi connectivity index (χ1v) is 9.35. The van der Waals surface area contributed by atoms with Crippen molar-refractivity contribution in [3.8, 4) is 17.2 Å². The lowest BCUT2D eigenvalue weighted by Gasteiger charge is -2.38. The fraction of sp³-hybridized carbons (Fsp3) is 0.435. The van der Waals surface area contributed by atoms with Crippen LogP contribution in [0, 0.1) is 17.2 Å². The second-order valence-electron chi connectivity index (χ2n) is 7.50. The monoisotopic (exact) mass is 333 g/mol. The molecule has 0 saturated heterocycles. The maximum atomic E-state index is 9.09. The molecule has 1 fully saturated rings. The van der Waals surface area contributed by atoms with E-state index in [9.17, 15) is 0 Å². The minimum Gasteiger partial charge on any atom is -0.371 e. The van der Waals surface area contributed by atoms with Gasteiger partial charge in [-0.2, -0.15) is 5.26 Å². The summed E-state index contributed by atoms with van der Waals surface area (Å²) >= 11 is 0. The third-order valence-corrected chi connectivity index (χ3v) is 5.46. The fourth-order valence-electron chi connectivity index (χ4n) is 3.93. The van der Waals surface area contributed by atoms with E-state index in [4.69, 9.17) is 10.00 Å². The minimum absolute atomic E-state index is 0.00958. The molecule has 2 aromatic carbocycles. The molecule has 0 spiro atoms. The van der Waals surface area contributed by atoms with E-state index in [1.807, 2.05) is 18.2 Å². The Morgan fingerprint density at radius 2 is 1.92 bits per heavy atom. The van der Waals surface area contributed by atoms with Crippen LogP contribution in [0.1, 0.15) is 57.1 Å². The summed E-state index contributed by atoms with van der Waals surface area (Å²) in [6.45, 7) is 5.21. The van der Waals surface area contributed by atoms with Crippen molar-refractivity contribution >= 4 is 0 Å². The lowest BCUT2D eigenvalue weighted by Crippen LogP contribution is -2.34. The van der Waals surface area contributed by atoms with Crippen molar-refractivity contribution in [1.82, 2.24) is 0 Å². The van der Waals surface area contributed by atoms with Crippen molar-refractivity contribution in [2.24, 2.45) is 5.92 Å². The highest BCUT2D eigenvalue weighted by atomic mass is 16.5. The third kappa shape index (κ3) is 4.50. The molecule has 0 amide bonds. The largest absolute Gasteiger partial charge is 0.371 e. The number of hydrogen-bond donors (Lipinski definition) is 0. The maximum absolute atomic E-state index is 9.09. The Labute approximate surface area is 151 Å². The highest BCUT2D eigenvalue weighted by molar-refractivity contribution is 5.65. The summed E-state index contributed by atoms with van der Waals surface area (Å²) in [4.78, 5) is 0. The summed E-state index contributed by atoms with van der Waals surface area (Å²) in [7, 11) is 0. The van der Waals surface area contributed by atoms with E-state index < -0.39 is 0 Å². The van der Waals surface area contributed by atoms with Crippen LogP contribution in [-0.4, -0.2) is 5.60 Å². The zero-order valence-electron chi connectivity index (χ0n) is 15.3. The van der Waals surface area contributed by atoms with Gasteiger partial charge in [-0.05, 0) is 60.6 Å². The van der Waals surface area contributed by atoms with Crippen molar-refractivity contribution in [2.75, 3.05) is 0 Å². The SMILES string of the molecule is CCC1CCCC(C)(OCc2cccc(-c3cccc(C#N)c3)c2)C1. The van der Waals surface area contributed by atoms with E-state index in [0.717, 1.165) is 23.5 Å². The highest BCUT2D eigenvalue weighted by Crippen LogP contribution is 2.37. The normalized spacial score (nSPS) is 23.2. The Morgan fingerprint density at radius 1 is 1.16 bits per heavy atom. The number of nitrogens with zero attached hydrogens (tertiary/aromatic N) is 1. The van der Waals surface area contributed by atoms with Gasteiger partial charge in [0.2, 0.25) is 0 Å². The molecule has 2 aromatic rings. The molecule has 2 heteroatoms. The number of hydrogen-bond acceptors (Lipinski definition) is 2. The first-order chi connectivity index (χ1) is 12.1. The summed E-state index contributed by atoms with van der Waals surface area (Å²) in [5, 5.41) is 9.09. The Balaban J connectivity index is 1.71. The number of ether oxygens (including phenoxy) is 1. The second-order valence-corrected chi connectivity index (χ2v) is 7.50. The molecule has 1 saturated carbocycles. The summed E-state index contributed by atoms with van der Waals surface area (Å²) in [6, 6.07) is 18.4. The second kappa shape index (κ2) is 7.85. The van der Waals surface area contributed by atoms with E-state index in [-0.39, 0.29) is 5.60 Å². The first-order valence-electron chi connectivity index (χ1n) is 9.35. The molecule has 25 heavy (non-hydrogen) atoms. The molecule has 130 valence electrons. The van der Waals surface area contributed by atoms with Gasteiger partial charge in [0.05, 0.1) is 23.8 Å². The van der Waals surface area contributed by atoms with Crippen LogP contribution < -0.4 is 0 Å². The molecule has 1 aliphatic rings. The van der Waals surface area contributed by atoms with Gasteiger partial charge in [0.25, 0.3) is 0 Å². The lowest BCUT2D eigenvalue weighted by atomic mass is 9.78. The summed E-state index contributed by atoms with van der Waals surface area (Å²) in [5.41, 5.74) is 4.11. The third-order valence-electron chi connectivity index (χ3n) is 5.46. The highest BCUT2D eigenvalue weighted by Gasteiger charge is 2.32. The van der Waals surface area contributed by atoms with Crippen molar-refractivity contribution in [2.45, 2.75) is 58.2 Å². The molecule has 0 radical (unpaired) electrons. The molecular formula is C23H27NO. The molecular weight excluding hydrogens is 306 g/mol. The van der Waals surface area contributed by atoms with Gasteiger partial charge < -0.3 is 4.74 Å². The molecule has 0 aliphatic heterocycles. The number of rotatable bonds is 5. The Hall–Kier alpha value is -2.11. The predicted octanol–water partition coefficient (Wildman–Crippen LogP) is 6.10. The van der Waals surface area contributed by atoms with Gasteiger partial charge >= 0.3 is 0 Å². The molecule has 2 nitrogen and oxygen atoms in total. The van der Waals surface area contributed by atoms with Crippen molar-refractivity contribution in [3.63, 3.8) is 0 Å². The Bertz CT molecular complexity index is 761. The van der Waals surface area contributed by atoms with Gasteiger partial charge in [0.15, 0.2) is 0 Å². The summed E-state index contributed by atoms with van der Waals surface area (Å²) < 4.78 is 6.37. The molecule has 0 N–H and O–H groups in total. The van der Waals surface area contributed by atoms with E-state index in [0.29, 0.717) is 12.2 Å². The quantitative estimate of drug-likeness (QED) is 0.662. The molecule has 2 atom stereocenters. The van der Waals surface area contributed by atoms with Gasteiger partial charge in [-0.3, -0.25) is 0 Å². The zero-order chi connectivity index (χ0) is 17.7. The van der Waals surface area contributed by atoms with Crippen molar-refractivity contribution in [1.29, 1.82) is 5.26 Å². The van der Waals surface area contributed by atoms with Crippen LogP contribution in [0.5, 0.6) is 0 Å². The first kappa shape index (κ1) is 17.7. The van der Waals surface area contributed by atoms with Crippen molar-refractivity contribution in [3.05, 3.63) is 59.7 Å². The summed E-state index contributed by atoms with van der Waals surface area (Å²) in [6.07, 6.45) is 6.21. The summed E-state index contributed by atoms with van der Waals surface area (Å²) in [5.74, 6) is 0.804. The van der Waals surface area contributed by atoms with Crippen LogP contribution in [0.3, 0.4) is 0 Å². The fourth-order valence-corrected chi connectivity index (χ4v) is 3.93. The van der Waals surface area contributed by atoms with E-state index in [1.54, 1.807) is 0 Å². The smallest absolute Gasteiger partial charge is 0.0991 e. The molecule has 0 aromatic heterocycles. The van der Waals surface area contributed by atoms with E-state index in [1.165, 1.54) is 31.2 Å². The van der Waals surface area contributed by atoms with Crippen LogP contribution in [-0.2, 0) is 11.3 Å². The predicted molar refractivity (Wildman–Crippen MR) is 102 cm³/mol. The van der Waals surface area contributed by atoms with Gasteiger partial charge in [-0.1, -0.05) is 56.5 Å². The molecule has 0 heterocycles. The van der Waals surface area contributed by atoms with Crippen molar-refractivity contribution < 1.29 is 4.74 Å². The minimum atomic E-state index is 0.00958. The zero-order valence-corrected chi connectivity index (χ0v) is 15.3. The number of benzene rings is 2. The van der Waals surface area contributed by atoms with E-state index in [2.05, 4.69) is 50.2 Å². The van der Waals surface area contributed by atoms with Gasteiger partial charge in [-0.15, -0.1) is 0 Å². The van der Waals surface area contributed by atoms with Crippen LogP contribution in [0.4, 0.5) is 0 Å². The molecule has 1 aliphatic carbocycles. The molecule has 0 bridgehead atoms. The van der Waals surface area contributed by atoms with Crippen LogP contribution >= 0.6 is 0 Å². The number of nitriles is 1. The Kier molecular flexibility index (Phi) is 5.56. The van der Waals surface area contributed by atoms with E-state index >= 15 is 0 Å². The lowest BCUT2D eigenvalue weighted by molar-refractivity contribution is -0.0797. The topological polar surface area (TPSA) is 33.0 Å². The Morgan fingerprint density at radius 3 is 2.68 bits per heavy atom. The van der Waals surface area contributed by atoms with Gasteiger partial charge in [-0.25, -0.2) is 0 Å². The van der Waals surface area contributed by atoms with Gasteiger partial charge in [0, 0.05) is 0 Å². The maximum Gasteiger partial charge on any atom is 0.0991 e. The van der Waals surface area contributed by atoms with Crippen LogP contribution in [0.2, 0.25) is 0 Å². The molecule has 2 unspecified atom stereocenters. The average molecular weight is 333 g/mol.